The van der Waals surface area contributed by atoms with Crippen LogP contribution in [0.3, 0.4) is 0 Å². The van der Waals surface area contributed by atoms with E-state index in [4.69, 9.17) is 0 Å². The maximum absolute atomic E-state index is 11.1. The van der Waals surface area contributed by atoms with Gasteiger partial charge in [-0.05, 0) is 37.4 Å². The summed E-state index contributed by atoms with van der Waals surface area (Å²) in [6, 6.07) is 10.6. The molecule has 2 rings (SSSR count). The van der Waals surface area contributed by atoms with Crippen LogP contribution in [0, 0.1) is 0 Å². The Morgan fingerprint density at radius 1 is 1.17 bits per heavy atom. The second-order valence-corrected chi connectivity index (χ2v) is 7.42. The molecule has 1 aliphatic heterocycles. The van der Waals surface area contributed by atoms with Crippen molar-refractivity contribution in [2.24, 2.45) is 0 Å². The van der Waals surface area contributed by atoms with E-state index in [0.29, 0.717) is 12.5 Å². The first-order chi connectivity index (χ1) is 8.54. The summed E-state index contributed by atoms with van der Waals surface area (Å²) in [5, 5.41) is 0. The Morgan fingerprint density at radius 3 is 2.33 bits per heavy atom. The van der Waals surface area contributed by atoms with E-state index >= 15 is 0 Å². The van der Waals surface area contributed by atoms with Gasteiger partial charge in [-0.1, -0.05) is 30.3 Å². The van der Waals surface area contributed by atoms with Crippen molar-refractivity contribution in [1.29, 1.82) is 0 Å². The molecule has 0 saturated carbocycles. The van der Waals surface area contributed by atoms with Gasteiger partial charge in [-0.25, -0.2) is 8.42 Å². The van der Waals surface area contributed by atoms with Crippen LogP contribution < -0.4 is 0 Å². The fourth-order valence-corrected chi connectivity index (χ4v) is 3.10. The van der Waals surface area contributed by atoms with E-state index in [1.165, 1.54) is 11.8 Å². The second-order valence-electron chi connectivity index (χ2n) is 5.16. The maximum atomic E-state index is 11.1. The molecule has 1 aromatic carbocycles. The Morgan fingerprint density at radius 2 is 1.78 bits per heavy atom. The molecule has 0 bridgehead atoms. The first-order valence-electron chi connectivity index (χ1n) is 6.49. The van der Waals surface area contributed by atoms with Gasteiger partial charge in [0.25, 0.3) is 0 Å². The maximum Gasteiger partial charge on any atom is 0.148 e. The van der Waals surface area contributed by atoms with Gasteiger partial charge in [0.05, 0.1) is 5.75 Å². The van der Waals surface area contributed by atoms with Crippen LogP contribution in [0.25, 0.3) is 0 Å². The fourth-order valence-electron chi connectivity index (χ4n) is 2.51. The molecule has 1 saturated heterocycles. The average molecular weight is 267 g/mol. The van der Waals surface area contributed by atoms with Crippen molar-refractivity contribution < 1.29 is 8.42 Å². The van der Waals surface area contributed by atoms with Crippen LogP contribution in [-0.4, -0.2) is 45.0 Å². The topological polar surface area (TPSA) is 37.4 Å². The van der Waals surface area contributed by atoms with E-state index in [1.807, 2.05) is 6.07 Å². The van der Waals surface area contributed by atoms with Crippen LogP contribution in [0.1, 0.15) is 24.3 Å². The van der Waals surface area contributed by atoms with Crippen molar-refractivity contribution in [2.45, 2.75) is 18.8 Å². The molecule has 4 heteroatoms. The highest BCUT2D eigenvalue weighted by molar-refractivity contribution is 7.90. The van der Waals surface area contributed by atoms with Gasteiger partial charge in [-0.3, -0.25) is 0 Å². The zero-order valence-corrected chi connectivity index (χ0v) is 11.7. The molecule has 100 valence electrons. The standard InChI is InChI=1S/C14H21NO2S/c1-18(16,17)12-11-15-9-7-14(8-10-15)13-5-3-2-4-6-13/h2-6,14H,7-12H2,1H3. The number of likely N-dealkylation sites (tertiary alicyclic amines) is 1. The number of rotatable bonds is 4. The minimum absolute atomic E-state index is 0.281. The van der Waals surface area contributed by atoms with Gasteiger partial charge in [-0.2, -0.15) is 0 Å². The highest BCUT2D eigenvalue weighted by Gasteiger charge is 2.20. The molecule has 0 N–H and O–H groups in total. The van der Waals surface area contributed by atoms with Crippen LogP contribution in [0.2, 0.25) is 0 Å². The number of hydrogen-bond donors (Lipinski definition) is 0. The van der Waals surface area contributed by atoms with Gasteiger partial charge in [0.15, 0.2) is 0 Å². The summed E-state index contributed by atoms with van der Waals surface area (Å²) in [6.07, 6.45) is 3.57. The molecule has 0 atom stereocenters. The average Bonchev–Trinajstić information content (AvgIpc) is 2.37. The van der Waals surface area contributed by atoms with Crippen molar-refractivity contribution >= 4 is 9.84 Å². The number of piperidine rings is 1. The summed E-state index contributed by atoms with van der Waals surface area (Å²) in [4.78, 5) is 2.26. The van der Waals surface area contributed by atoms with Gasteiger partial charge >= 0.3 is 0 Å². The molecule has 1 fully saturated rings. The Hall–Kier alpha value is -0.870. The molecule has 0 aromatic heterocycles. The molecule has 1 heterocycles. The summed E-state index contributed by atoms with van der Waals surface area (Å²) in [5.41, 5.74) is 1.42. The third kappa shape index (κ3) is 4.10. The minimum atomic E-state index is -2.83. The summed E-state index contributed by atoms with van der Waals surface area (Å²) >= 11 is 0. The Bertz CT molecular complexity index is 462. The largest absolute Gasteiger partial charge is 0.302 e. The first kappa shape index (κ1) is 13.6. The molecule has 0 unspecified atom stereocenters. The van der Waals surface area contributed by atoms with Crippen molar-refractivity contribution in [2.75, 3.05) is 31.6 Å². The molecule has 1 aliphatic rings. The third-order valence-electron chi connectivity index (χ3n) is 3.64. The predicted molar refractivity (Wildman–Crippen MR) is 74.6 cm³/mol. The lowest BCUT2D eigenvalue weighted by Gasteiger charge is -2.31. The smallest absolute Gasteiger partial charge is 0.148 e. The molecule has 0 amide bonds. The molecule has 0 spiro atoms. The van der Waals surface area contributed by atoms with Crippen molar-refractivity contribution in [3.8, 4) is 0 Å². The lowest BCUT2D eigenvalue weighted by molar-refractivity contribution is 0.223. The monoisotopic (exact) mass is 267 g/mol. The van der Waals surface area contributed by atoms with Crippen LogP contribution in [0.5, 0.6) is 0 Å². The number of hydrogen-bond acceptors (Lipinski definition) is 3. The number of benzene rings is 1. The zero-order valence-electron chi connectivity index (χ0n) is 10.9. The quantitative estimate of drug-likeness (QED) is 0.836. The lowest BCUT2D eigenvalue weighted by Crippen LogP contribution is -2.36. The van der Waals surface area contributed by atoms with E-state index in [9.17, 15) is 8.42 Å². The number of nitrogens with zero attached hydrogens (tertiary/aromatic N) is 1. The molecule has 1 aromatic rings. The highest BCUT2D eigenvalue weighted by Crippen LogP contribution is 2.27. The summed E-state index contributed by atoms with van der Waals surface area (Å²) < 4.78 is 22.3. The van der Waals surface area contributed by atoms with Crippen molar-refractivity contribution in [3.05, 3.63) is 35.9 Å². The first-order valence-corrected chi connectivity index (χ1v) is 8.56. The van der Waals surface area contributed by atoms with Gasteiger partial charge < -0.3 is 4.90 Å². The molecule has 18 heavy (non-hydrogen) atoms. The molecule has 3 nitrogen and oxygen atoms in total. The molecule has 0 radical (unpaired) electrons. The third-order valence-corrected chi connectivity index (χ3v) is 4.56. The van der Waals surface area contributed by atoms with Crippen molar-refractivity contribution in [1.82, 2.24) is 4.90 Å². The highest BCUT2D eigenvalue weighted by atomic mass is 32.2. The second kappa shape index (κ2) is 5.85. The van der Waals surface area contributed by atoms with E-state index in [-0.39, 0.29) is 5.75 Å². The van der Waals surface area contributed by atoms with E-state index < -0.39 is 9.84 Å². The molecular weight excluding hydrogens is 246 g/mol. The van der Waals surface area contributed by atoms with Crippen LogP contribution in [0.4, 0.5) is 0 Å². The van der Waals surface area contributed by atoms with Crippen molar-refractivity contribution in [3.63, 3.8) is 0 Å². The summed E-state index contributed by atoms with van der Waals surface area (Å²) in [7, 11) is -2.83. The number of sulfone groups is 1. The van der Waals surface area contributed by atoms with Crippen LogP contribution in [-0.2, 0) is 9.84 Å². The SMILES string of the molecule is CS(=O)(=O)CCN1CCC(c2ccccc2)CC1. The minimum Gasteiger partial charge on any atom is -0.302 e. The van der Waals surface area contributed by atoms with Gasteiger partial charge in [0.1, 0.15) is 9.84 Å². The van der Waals surface area contributed by atoms with Gasteiger partial charge in [0.2, 0.25) is 0 Å². The van der Waals surface area contributed by atoms with Crippen LogP contribution in [0.15, 0.2) is 30.3 Å². The van der Waals surface area contributed by atoms with Crippen LogP contribution >= 0.6 is 0 Å². The molecular formula is C14H21NO2S. The van der Waals surface area contributed by atoms with Gasteiger partial charge in [-0.15, -0.1) is 0 Å². The van der Waals surface area contributed by atoms with E-state index in [2.05, 4.69) is 29.2 Å². The van der Waals surface area contributed by atoms with E-state index in [0.717, 1.165) is 25.9 Å². The zero-order chi connectivity index (χ0) is 13.0. The Labute approximate surface area is 110 Å². The summed E-state index contributed by atoms with van der Waals surface area (Å²) in [6.45, 7) is 2.70. The lowest BCUT2D eigenvalue weighted by atomic mass is 9.89. The Balaban J connectivity index is 1.82. The van der Waals surface area contributed by atoms with E-state index in [1.54, 1.807) is 0 Å². The molecule has 0 aliphatic carbocycles. The normalized spacial score (nSPS) is 18.9. The Kier molecular flexibility index (Phi) is 4.40. The predicted octanol–water partition coefficient (Wildman–Crippen LogP) is 1.91. The van der Waals surface area contributed by atoms with Gasteiger partial charge in [0, 0.05) is 12.8 Å². The fraction of sp³-hybridized carbons (Fsp3) is 0.571. The summed E-state index contributed by atoms with van der Waals surface area (Å²) in [5.74, 6) is 0.920.